The van der Waals surface area contributed by atoms with Crippen molar-refractivity contribution in [3.63, 3.8) is 0 Å². The summed E-state index contributed by atoms with van der Waals surface area (Å²) in [4.78, 5) is 0. The van der Waals surface area contributed by atoms with Crippen LogP contribution in [0.4, 0.5) is 0 Å². The summed E-state index contributed by atoms with van der Waals surface area (Å²) in [7, 11) is 0. The summed E-state index contributed by atoms with van der Waals surface area (Å²) in [6, 6.07) is 5.90. The van der Waals surface area contributed by atoms with E-state index in [-0.39, 0.29) is 0 Å². The number of aryl methyl sites for hydroxylation is 2. The summed E-state index contributed by atoms with van der Waals surface area (Å²) in [6.07, 6.45) is 4.05. The Hall–Kier alpha value is -1.13. The number of aliphatic hydroxyl groups excluding tert-OH is 1. The predicted octanol–water partition coefficient (Wildman–Crippen LogP) is 3.45. The maximum absolute atomic E-state index is 10.3. The lowest BCUT2D eigenvalue weighted by Gasteiger charge is -2.10. The van der Waals surface area contributed by atoms with Gasteiger partial charge in [-0.3, -0.25) is 4.68 Å². The summed E-state index contributed by atoms with van der Waals surface area (Å²) >= 11 is 3.49. The van der Waals surface area contributed by atoms with Gasteiger partial charge in [0.1, 0.15) is 6.10 Å². The molecule has 1 heterocycles. The van der Waals surface area contributed by atoms with E-state index < -0.39 is 6.10 Å². The molecule has 3 nitrogen and oxygen atoms in total. The summed E-state index contributed by atoms with van der Waals surface area (Å²) in [5.74, 6) is 0. The van der Waals surface area contributed by atoms with Crippen molar-refractivity contribution in [2.24, 2.45) is 0 Å². The first-order chi connectivity index (χ1) is 8.61. The topological polar surface area (TPSA) is 38.0 Å². The van der Waals surface area contributed by atoms with Gasteiger partial charge in [0.05, 0.1) is 6.20 Å². The molecule has 2 rings (SSSR count). The van der Waals surface area contributed by atoms with Crippen LogP contribution >= 0.6 is 15.9 Å². The van der Waals surface area contributed by atoms with Gasteiger partial charge in [0.15, 0.2) is 0 Å². The lowest BCUT2D eigenvalue weighted by atomic mass is 10.0. The molecule has 1 N–H and O–H groups in total. The van der Waals surface area contributed by atoms with Crippen LogP contribution in [0.1, 0.15) is 36.1 Å². The molecule has 0 radical (unpaired) electrons. The Kier molecular flexibility index (Phi) is 4.19. The van der Waals surface area contributed by atoms with E-state index in [1.54, 1.807) is 6.20 Å². The fourth-order valence-electron chi connectivity index (χ4n) is 1.84. The van der Waals surface area contributed by atoms with Gasteiger partial charge in [-0.15, -0.1) is 0 Å². The summed E-state index contributed by atoms with van der Waals surface area (Å²) < 4.78 is 2.88. The van der Waals surface area contributed by atoms with E-state index in [1.807, 2.05) is 36.0 Å². The molecule has 96 valence electrons. The van der Waals surface area contributed by atoms with Crippen molar-refractivity contribution in [1.29, 1.82) is 0 Å². The maximum atomic E-state index is 10.3. The molecule has 4 heteroatoms. The molecule has 0 bridgehead atoms. The van der Waals surface area contributed by atoms with Crippen molar-refractivity contribution in [3.8, 4) is 0 Å². The van der Waals surface area contributed by atoms with Gasteiger partial charge < -0.3 is 5.11 Å². The van der Waals surface area contributed by atoms with Crippen molar-refractivity contribution >= 4 is 15.9 Å². The second kappa shape index (κ2) is 5.67. The van der Waals surface area contributed by atoms with Gasteiger partial charge in [-0.2, -0.15) is 5.10 Å². The van der Waals surface area contributed by atoms with Crippen LogP contribution in [0.5, 0.6) is 0 Å². The molecule has 0 aliphatic rings. The number of nitrogens with zero attached hydrogens (tertiary/aromatic N) is 2. The van der Waals surface area contributed by atoms with E-state index in [0.29, 0.717) is 0 Å². The van der Waals surface area contributed by atoms with Gasteiger partial charge in [0.2, 0.25) is 0 Å². The lowest BCUT2D eigenvalue weighted by Crippen LogP contribution is -1.99. The van der Waals surface area contributed by atoms with Gasteiger partial charge in [0, 0.05) is 22.8 Å². The molecular weight excluding hydrogens is 292 g/mol. The fraction of sp³-hybridized carbons (Fsp3) is 0.357. The summed E-state index contributed by atoms with van der Waals surface area (Å²) in [5, 5.41) is 14.6. The van der Waals surface area contributed by atoms with Crippen molar-refractivity contribution in [2.75, 3.05) is 0 Å². The van der Waals surface area contributed by atoms with E-state index in [2.05, 4.69) is 28.0 Å². The number of benzene rings is 1. The Morgan fingerprint density at radius 3 is 2.83 bits per heavy atom. The molecule has 0 spiro atoms. The second-order valence-corrected chi connectivity index (χ2v) is 5.30. The SMILES string of the molecule is CCCn1cc(C(O)c2ccc(C)c(Br)c2)cn1. The quantitative estimate of drug-likeness (QED) is 0.939. The van der Waals surface area contributed by atoms with Crippen LogP contribution in [0.25, 0.3) is 0 Å². The molecular formula is C14H17BrN2O. The highest BCUT2D eigenvalue weighted by Gasteiger charge is 2.13. The van der Waals surface area contributed by atoms with Crippen LogP contribution in [0.3, 0.4) is 0 Å². The van der Waals surface area contributed by atoms with Gasteiger partial charge in [0.25, 0.3) is 0 Å². The van der Waals surface area contributed by atoms with Crippen LogP contribution in [-0.4, -0.2) is 14.9 Å². The molecule has 1 atom stereocenters. The number of aliphatic hydroxyl groups is 1. The minimum Gasteiger partial charge on any atom is -0.384 e. The van der Waals surface area contributed by atoms with E-state index in [1.165, 1.54) is 0 Å². The fourth-order valence-corrected chi connectivity index (χ4v) is 2.24. The summed E-state index contributed by atoms with van der Waals surface area (Å²) in [6.45, 7) is 5.01. The normalized spacial score (nSPS) is 12.7. The number of hydrogen-bond donors (Lipinski definition) is 1. The second-order valence-electron chi connectivity index (χ2n) is 4.45. The average molecular weight is 309 g/mol. The Bertz CT molecular complexity index is 536. The molecule has 1 unspecified atom stereocenters. The van der Waals surface area contributed by atoms with Gasteiger partial charge >= 0.3 is 0 Å². The van der Waals surface area contributed by atoms with E-state index in [9.17, 15) is 5.11 Å². The van der Waals surface area contributed by atoms with Crippen molar-refractivity contribution < 1.29 is 5.11 Å². The van der Waals surface area contributed by atoms with Crippen molar-refractivity contribution in [2.45, 2.75) is 32.9 Å². The Morgan fingerprint density at radius 2 is 2.17 bits per heavy atom. The highest BCUT2D eigenvalue weighted by Crippen LogP contribution is 2.26. The predicted molar refractivity (Wildman–Crippen MR) is 75.5 cm³/mol. The zero-order valence-electron chi connectivity index (χ0n) is 10.6. The third kappa shape index (κ3) is 2.82. The Labute approximate surface area is 116 Å². The highest BCUT2D eigenvalue weighted by molar-refractivity contribution is 9.10. The molecule has 0 fully saturated rings. The van der Waals surface area contributed by atoms with E-state index in [4.69, 9.17) is 0 Å². The number of rotatable bonds is 4. The minimum atomic E-state index is -0.618. The molecule has 0 amide bonds. The molecule has 0 aliphatic heterocycles. The van der Waals surface area contributed by atoms with Crippen LogP contribution in [0.15, 0.2) is 35.1 Å². The monoisotopic (exact) mass is 308 g/mol. The van der Waals surface area contributed by atoms with Crippen molar-refractivity contribution in [1.82, 2.24) is 9.78 Å². The first-order valence-electron chi connectivity index (χ1n) is 6.08. The highest BCUT2D eigenvalue weighted by atomic mass is 79.9. The number of aromatic nitrogens is 2. The van der Waals surface area contributed by atoms with Gasteiger partial charge in [-0.25, -0.2) is 0 Å². The van der Waals surface area contributed by atoms with Crippen LogP contribution in [0.2, 0.25) is 0 Å². The van der Waals surface area contributed by atoms with Crippen LogP contribution in [-0.2, 0) is 6.54 Å². The van der Waals surface area contributed by atoms with E-state index >= 15 is 0 Å². The summed E-state index contributed by atoms with van der Waals surface area (Å²) in [5.41, 5.74) is 2.87. The standard InChI is InChI=1S/C14H17BrN2O/c1-3-6-17-9-12(8-16-17)14(18)11-5-4-10(2)13(15)7-11/h4-5,7-9,14,18H,3,6H2,1-2H3. The lowest BCUT2D eigenvalue weighted by molar-refractivity contribution is 0.220. The largest absolute Gasteiger partial charge is 0.384 e. The van der Waals surface area contributed by atoms with Gasteiger partial charge in [-0.05, 0) is 30.5 Å². The zero-order valence-corrected chi connectivity index (χ0v) is 12.2. The molecule has 1 aromatic heterocycles. The smallest absolute Gasteiger partial charge is 0.107 e. The molecule has 0 aliphatic carbocycles. The molecule has 2 aromatic rings. The molecule has 0 saturated carbocycles. The third-order valence-corrected chi connectivity index (χ3v) is 3.79. The third-order valence-electron chi connectivity index (χ3n) is 2.93. The molecule has 1 aromatic carbocycles. The van der Waals surface area contributed by atoms with Gasteiger partial charge in [-0.1, -0.05) is 35.0 Å². The average Bonchev–Trinajstić information content (AvgIpc) is 2.81. The Balaban J connectivity index is 2.23. The van der Waals surface area contributed by atoms with Crippen LogP contribution in [0, 0.1) is 6.92 Å². The van der Waals surface area contributed by atoms with Crippen LogP contribution < -0.4 is 0 Å². The zero-order chi connectivity index (χ0) is 13.1. The first-order valence-corrected chi connectivity index (χ1v) is 6.87. The Morgan fingerprint density at radius 1 is 1.39 bits per heavy atom. The number of halogens is 1. The molecule has 18 heavy (non-hydrogen) atoms. The van der Waals surface area contributed by atoms with Crippen molar-refractivity contribution in [3.05, 3.63) is 51.8 Å². The number of hydrogen-bond acceptors (Lipinski definition) is 2. The first kappa shape index (κ1) is 13.3. The minimum absolute atomic E-state index is 0.618. The molecule has 0 saturated heterocycles. The van der Waals surface area contributed by atoms with E-state index in [0.717, 1.165) is 34.1 Å². The maximum Gasteiger partial charge on any atom is 0.107 e.